The van der Waals surface area contributed by atoms with Crippen LogP contribution in [0.15, 0.2) is 29.6 Å². The van der Waals surface area contributed by atoms with Gasteiger partial charge in [0.1, 0.15) is 23.5 Å². The number of benzene rings is 1. The third kappa shape index (κ3) is 5.02. The highest BCUT2D eigenvalue weighted by atomic mass is 35.5. The fourth-order valence-corrected chi connectivity index (χ4v) is 1.17. The highest BCUT2D eigenvalue weighted by molar-refractivity contribution is 6.34. The zero-order valence-corrected chi connectivity index (χ0v) is 10.9. The van der Waals surface area contributed by atoms with Crippen LogP contribution in [0.3, 0.4) is 0 Å². The highest BCUT2D eigenvalue weighted by Crippen LogP contribution is 2.32. The molecule has 0 saturated heterocycles. The van der Waals surface area contributed by atoms with Crippen molar-refractivity contribution in [2.45, 2.75) is 0 Å². The molecule has 1 rings (SSSR count). The molecular weight excluding hydrogens is 304 g/mol. The van der Waals surface area contributed by atoms with Crippen molar-refractivity contribution >= 4 is 23.0 Å². The van der Waals surface area contributed by atoms with Gasteiger partial charge >= 0.3 is 0 Å². The van der Waals surface area contributed by atoms with Gasteiger partial charge in [-0.3, -0.25) is 20.2 Å². The number of allylic oxidation sites excluding steroid dienone is 2. The van der Waals surface area contributed by atoms with Crippen LogP contribution < -0.4 is 11.5 Å². The molecule has 0 spiro atoms. The molecule has 1 aromatic rings. The Balaban J connectivity index is 0.000000433. The topological polar surface area (TPSA) is 186 Å². The number of nitriles is 2. The maximum Gasteiger partial charge on any atom is 0.294 e. The molecular formula is C10H7ClN6O4. The maximum atomic E-state index is 10.3. The fourth-order valence-electron chi connectivity index (χ4n) is 0.910. The summed E-state index contributed by atoms with van der Waals surface area (Å²) in [7, 11) is 0. The van der Waals surface area contributed by atoms with E-state index in [2.05, 4.69) is 0 Å². The second-order valence-electron chi connectivity index (χ2n) is 3.18. The van der Waals surface area contributed by atoms with Gasteiger partial charge in [0.25, 0.3) is 11.4 Å². The molecule has 0 bridgehead atoms. The van der Waals surface area contributed by atoms with Gasteiger partial charge in [-0.15, -0.1) is 0 Å². The normalized spacial score (nSPS) is 10.0. The Kier molecular flexibility index (Phi) is 6.66. The van der Waals surface area contributed by atoms with Crippen LogP contribution in [0.25, 0.3) is 0 Å². The van der Waals surface area contributed by atoms with Crippen LogP contribution in [-0.4, -0.2) is 9.85 Å². The molecule has 0 aliphatic carbocycles. The number of rotatable bonds is 2. The van der Waals surface area contributed by atoms with E-state index in [-0.39, 0.29) is 11.4 Å². The fraction of sp³-hybridized carbons (Fsp3) is 0. The van der Waals surface area contributed by atoms with E-state index < -0.39 is 26.2 Å². The molecule has 0 saturated carbocycles. The largest absolute Gasteiger partial charge is 0.388 e. The summed E-state index contributed by atoms with van der Waals surface area (Å²) in [5, 5.41) is 36.1. The molecule has 0 atom stereocenters. The van der Waals surface area contributed by atoms with E-state index in [0.717, 1.165) is 12.1 Å². The van der Waals surface area contributed by atoms with Crippen LogP contribution in [0, 0.1) is 42.9 Å². The summed E-state index contributed by atoms with van der Waals surface area (Å²) < 4.78 is 0. The first-order chi connectivity index (χ1) is 9.76. The second kappa shape index (κ2) is 7.93. The number of nitrogens with zero attached hydrogens (tertiary/aromatic N) is 4. The van der Waals surface area contributed by atoms with Crippen molar-refractivity contribution in [1.82, 2.24) is 0 Å². The third-order valence-electron chi connectivity index (χ3n) is 1.88. The minimum Gasteiger partial charge on any atom is -0.388 e. The number of nitro benzene ring substituents is 2. The zero-order chi connectivity index (χ0) is 16.6. The van der Waals surface area contributed by atoms with Gasteiger partial charge in [-0.2, -0.15) is 10.5 Å². The number of hydrogen-bond acceptors (Lipinski definition) is 8. The molecule has 0 aliphatic heterocycles. The molecule has 0 radical (unpaired) electrons. The van der Waals surface area contributed by atoms with Crippen molar-refractivity contribution in [3.8, 4) is 12.1 Å². The maximum absolute atomic E-state index is 10.3. The highest BCUT2D eigenvalue weighted by Gasteiger charge is 2.22. The number of nitrogens with two attached hydrogens (primary N) is 2. The Morgan fingerprint density at radius 3 is 1.62 bits per heavy atom. The first kappa shape index (κ1) is 17.6. The molecule has 1 aromatic carbocycles. The van der Waals surface area contributed by atoms with Crippen LogP contribution in [0.4, 0.5) is 11.4 Å². The van der Waals surface area contributed by atoms with E-state index in [0.29, 0.717) is 0 Å². The van der Waals surface area contributed by atoms with Crippen molar-refractivity contribution in [3.05, 3.63) is 54.8 Å². The first-order valence-electron chi connectivity index (χ1n) is 4.89. The Morgan fingerprint density at radius 1 is 1.05 bits per heavy atom. The van der Waals surface area contributed by atoms with E-state index in [9.17, 15) is 20.2 Å². The molecule has 0 unspecified atom stereocenters. The third-order valence-corrected chi connectivity index (χ3v) is 2.27. The average molecular weight is 311 g/mol. The van der Waals surface area contributed by atoms with Gasteiger partial charge in [-0.1, -0.05) is 11.6 Å². The van der Waals surface area contributed by atoms with Crippen molar-refractivity contribution in [2.75, 3.05) is 0 Å². The summed E-state index contributed by atoms with van der Waals surface area (Å²) >= 11 is 5.42. The molecule has 11 heteroatoms. The molecule has 21 heavy (non-hydrogen) atoms. The van der Waals surface area contributed by atoms with Crippen LogP contribution in [0.1, 0.15) is 0 Å². The van der Waals surface area contributed by atoms with E-state index in [1.165, 1.54) is 18.2 Å². The van der Waals surface area contributed by atoms with Crippen LogP contribution in [0.2, 0.25) is 5.02 Å². The van der Waals surface area contributed by atoms with E-state index >= 15 is 0 Å². The summed E-state index contributed by atoms with van der Waals surface area (Å²) in [5.41, 5.74) is 8.41. The van der Waals surface area contributed by atoms with Crippen LogP contribution >= 0.6 is 11.6 Å². The predicted molar refractivity (Wildman–Crippen MR) is 71.4 cm³/mol. The number of nitro groups is 2. The van der Waals surface area contributed by atoms with E-state index in [4.69, 9.17) is 33.6 Å². The van der Waals surface area contributed by atoms with Crippen LogP contribution in [0.5, 0.6) is 0 Å². The zero-order valence-electron chi connectivity index (χ0n) is 10.2. The molecule has 0 heterocycles. The van der Waals surface area contributed by atoms with Gasteiger partial charge in [0, 0.05) is 12.1 Å². The van der Waals surface area contributed by atoms with Gasteiger partial charge in [0.2, 0.25) is 0 Å². The molecule has 0 amide bonds. The molecule has 4 N–H and O–H groups in total. The van der Waals surface area contributed by atoms with Gasteiger partial charge in [-0.25, -0.2) is 0 Å². The monoisotopic (exact) mass is 310 g/mol. The summed E-state index contributed by atoms with van der Waals surface area (Å²) in [6, 6.07) is 6.47. The van der Waals surface area contributed by atoms with Crippen molar-refractivity contribution in [1.29, 1.82) is 10.5 Å². The van der Waals surface area contributed by atoms with Gasteiger partial charge < -0.3 is 11.5 Å². The lowest BCUT2D eigenvalue weighted by Gasteiger charge is -1.95. The Morgan fingerprint density at radius 2 is 1.38 bits per heavy atom. The van der Waals surface area contributed by atoms with E-state index in [1.54, 1.807) is 0 Å². The van der Waals surface area contributed by atoms with Crippen LogP contribution in [-0.2, 0) is 0 Å². The van der Waals surface area contributed by atoms with Crippen molar-refractivity contribution in [2.24, 2.45) is 11.5 Å². The summed E-state index contributed by atoms with van der Waals surface area (Å²) in [6.45, 7) is 0. The molecule has 0 fully saturated rings. The Bertz CT molecular complexity index is 634. The SMILES string of the molecule is N#CC(N)=C(N)C#N.O=[N+]([O-])c1cccc([N+](=O)[O-])c1Cl. The smallest absolute Gasteiger partial charge is 0.294 e. The molecule has 0 aromatic heterocycles. The molecule has 10 nitrogen and oxygen atoms in total. The Labute approximate surface area is 122 Å². The van der Waals surface area contributed by atoms with Gasteiger partial charge in [0.15, 0.2) is 5.02 Å². The minimum absolute atomic E-state index is 0.229. The molecule has 108 valence electrons. The lowest BCUT2D eigenvalue weighted by Crippen LogP contribution is -2.05. The minimum atomic E-state index is -0.769. The summed E-state index contributed by atoms with van der Waals surface area (Å²) in [4.78, 5) is 19.1. The van der Waals surface area contributed by atoms with Crippen molar-refractivity contribution in [3.63, 3.8) is 0 Å². The predicted octanol–water partition coefficient (Wildman–Crippen LogP) is 1.32. The lowest BCUT2D eigenvalue weighted by atomic mass is 10.3. The van der Waals surface area contributed by atoms with Gasteiger partial charge in [-0.05, 0) is 6.07 Å². The number of hydrogen-bond donors (Lipinski definition) is 2. The standard InChI is InChI=1S/C6H3ClN2O4.C4H4N4/c7-6-4(8(10)11)2-1-3-5(6)9(12)13;5-1-3(7)4(8)2-6/h1-3H;7-8H2. The second-order valence-corrected chi connectivity index (χ2v) is 3.55. The summed E-state index contributed by atoms with van der Waals surface area (Å²) in [5.74, 6) is 0. The Hall–Kier alpha value is -3.37. The van der Waals surface area contributed by atoms with E-state index in [1.807, 2.05) is 0 Å². The lowest BCUT2D eigenvalue weighted by molar-refractivity contribution is -0.393. The number of halogens is 1. The molecule has 0 aliphatic rings. The quantitative estimate of drug-likeness (QED) is 0.464. The average Bonchev–Trinajstić information content (AvgIpc) is 2.45. The van der Waals surface area contributed by atoms with Crippen molar-refractivity contribution < 1.29 is 9.85 Å². The first-order valence-corrected chi connectivity index (χ1v) is 5.26. The van der Waals surface area contributed by atoms with Gasteiger partial charge in [0.05, 0.1) is 9.85 Å². The summed E-state index contributed by atoms with van der Waals surface area (Å²) in [6.07, 6.45) is 0.